The van der Waals surface area contributed by atoms with Crippen LogP contribution in [0.5, 0.6) is 0 Å². The minimum atomic E-state index is -0.156. The van der Waals surface area contributed by atoms with Gasteiger partial charge < -0.3 is 9.72 Å². The molecule has 0 saturated heterocycles. The van der Waals surface area contributed by atoms with Crippen molar-refractivity contribution in [2.24, 2.45) is 0 Å². The first-order chi connectivity index (χ1) is 10.7. The number of benzene rings is 1. The molecule has 0 spiro atoms. The fraction of sp³-hybridized carbons (Fsp3) is 0.176. The molecule has 4 nitrogen and oxygen atoms in total. The number of rotatable bonds is 4. The number of nitrogens with zero attached hydrogens (tertiary/aromatic N) is 2. The first kappa shape index (κ1) is 14.7. The van der Waals surface area contributed by atoms with Gasteiger partial charge in [-0.2, -0.15) is 0 Å². The molecule has 0 saturated carbocycles. The van der Waals surface area contributed by atoms with Crippen LogP contribution in [0.25, 0.3) is 5.65 Å². The molecule has 3 aromatic rings. The molecule has 0 aliphatic heterocycles. The van der Waals surface area contributed by atoms with Gasteiger partial charge in [0.1, 0.15) is 11.3 Å². The maximum atomic E-state index is 12.2. The highest BCUT2D eigenvalue weighted by Gasteiger charge is 2.11. The Kier molecular flexibility index (Phi) is 4.15. The largest absolute Gasteiger partial charge is 0.347 e. The zero-order valence-electron chi connectivity index (χ0n) is 12.5. The maximum Gasteiger partial charge on any atom is 0.271 e. The Bertz CT molecular complexity index is 808. The van der Waals surface area contributed by atoms with Gasteiger partial charge in [-0.3, -0.25) is 4.79 Å². The highest BCUT2D eigenvalue weighted by molar-refractivity contribution is 7.98. The summed E-state index contributed by atoms with van der Waals surface area (Å²) < 4.78 is 1.87. The summed E-state index contributed by atoms with van der Waals surface area (Å²) in [5, 5.41) is 2.91. The van der Waals surface area contributed by atoms with Gasteiger partial charge in [0.2, 0.25) is 0 Å². The van der Waals surface area contributed by atoms with Crippen molar-refractivity contribution in [1.29, 1.82) is 0 Å². The number of fused-ring (bicyclic) bond motifs is 1. The minimum Gasteiger partial charge on any atom is -0.347 e. The van der Waals surface area contributed by atoms with Crippen LogP contribution in [0.1, 0.15) is 21.6 Å². The molecule has 3 rings (SSSR count). The lowest BCUT2D eigenvalue weighted by Crippen LogP contribution is -2.23. The second-order valence-electron chi connectivity index (χ2n) is 5.08. The molecule has 1 aromatic carbocycles. The van der Waals surface area contributed by atoms with E-state index in [2.05, 4.69) is 22.4 Å². The number of thioether (sulfide) groups is 1. The van der Waals surface area contributed by atoms with E-state index in [9.17, 15) is 4.79 Å². The molecule has 0 aliphatic carbocycles. The average molecular weight is 311 g/mol. The van der Waals surface area contributed by atoms with Crippen molar-refractivity contribution in [3.05, 3.63) is 65.6 Å². The zero-order valence-corrected chi connectivity index (χ0v) is 13.4. The normalized spacial score (nSPS) is 10.8. The van der Waals surface area contributed by atoms with Gasteiger partial charge in [0.05, 0.1) is 0 Å². The van der Waals surface area contributed by atoms with Crippen LogP contribution in [0.3, 0.4) is 0 Å². The molecule has 5 heteroatoms. The summed E-state index contributed by atoms with van der Waals surface area (Å²) in [6.07, 6.45) is 5.70. The zero-order chi connectivity index (χ0) is 15.5. The van der Waals surface area contributed by atoms with Crippen molar-refractivity contribution in [2.45, 2.75) is 18.4 Å². The fourth-order valence-corrected chi connectivity index (χ4v) is 2.69. The summed E-state index contributed by atoms with van der Waals surface area (Å²) in [6, 6.07) is 12.1. The standard InChI is InChI=1S/C17H17N3OS/c1-12-4-3-9-20-11-15(19-16(12)20)17(21)18-10-13-5-7-14(22-2)8-6-13/h3-9,11H,10H2,1-2H3,(H,18,21). The lowest BCUT2D eigenvalue weighted by Gasteiger charge is -2.04. The predicted molar refractivity (Wildman–Crippen MR) is 89.3 cm³/mol. The van der Waals surface area contributed by atoms with Crippen LogP contribution in [0.15, 0.2) is 53.7 Å². The molecule has 0 radical (unpaired) electrons. The van der Waals surface area contributed by atoms with E-state index < -0.39 is 0 Å². The van der Waals surface area contributed by atoms with Gasteiger partial charge in [-0.1, -0.05) is 18.2 Å². The Labute approximate surface area is 133 Å². The molecule has 0 aliphatic rings. The van der Waals surface area contributed by atoms with Crippen molar-refractivity contribution in [1.82, 2.24) is 14.7 Å². The number of aromatic nitrogens is 2. The van der Waals surface area contributed by atoms with E-state index in [0.29, 0.717) is 12.2 Å². The van der Waals surface area contributed by atoms with E-state index in [1.807, 2.05) is 48.0 Å². The van der Waals surface area contributed by atoms with Crippen molar-refractivity contribution < 1.29 is 4.79 Å². The third-order valence-electron chi connectivity index (χ3n) is 3.52. The highest BCUT2D eigenvalue weighted by atomic mass is 32.2. The Hall–Kier alpha value is -2.27. The topological polar surface area (TPSA) is 46.4 Å². The average Bonchev–Trinajstić information content (AvgIpc) is 2.99. The third kappa shape index (κ3) is 2.99. The Morgan fingerprint density at radius 1 is 1.27 bits per heavy atom. The number of amides is 1. The lowest BCUT2D eigenvalue weighted by atomic mass is 10.2. The van der Waals surface area contributed by atoms with E-state index >= 15 is 0 Å². The van der Waals surface area contributed by atoms with Gasteiger partial charge in [0.25, 0.3) is 5.91 Å². The molecular weight excluding hydrogens is 294 g/mol. The van der Waals surface area contributed by atoms with Gasteiger partial charge >= 0.3 is 0 Å². The number of imidazole rings is 1. The first-order valence-electron chi connectivity index (χ1n) is 7.03. The monoisotopic (exact) mass is 311 g/mol. The number of pyridine rings is 1. The van der Waals surface area contributed by atoms with Gasteiger partial charge in [0.15, 0.2) is 0 Å². The molecule has 2 heterocycles. The van der Waals surface area contributed by atoms with Crippen molar-refractivity contribution in [2.75, 3.05) is 6.26 Å². The third-order valence-corrected chi connectivity index (χ3v) is 4.27. The maximum absolute atomic E-state index is 12.2. The van der Waals surface area contributed by atoms with Gasteiger partial charge in [-0.15, -0.1) is 11.8 Å². The van der Waals surface area contributed by atoms with Crippen LogP contribution in [-0.2, 0) is 6.54 Å². The molecular formula is C17H17N3OS. The quantitative estimate of drug-likeness (QED) is 0.752. The summed E-state index contributed by atoms with van der Waals surface area (Å²) >= 11 is 1.70. The molecule has 0 fully saturated rings. The summed E-state index contributed by atoms with van der Waals surface area (Å²) in [5.74, 6) is -0.156. The van der Waals surface area contributed by atoms with Crippen LogP contribution < -0.4 is 5.32 Å². The summed E-state index contributed by atoms with van der Waals surface area (Å²) in [7, 11) is 0. The number of carbonyl (C=O) groups is 1. The van der Waals surface area contributed by atoms with E-state index in [1.54, 1.807) is 18.0 Å². The van der Waals surface area contributed by atoms with Crippen LogP contribution >= 0.6 is 11.8 Å². The van der Waals surface area contributed by atoms with Crippen LogP contribution in [0.2, 0.25) is 0 Å². The molecule has 0 unspecified atom stereocenters. The number of hydrogen-bond donors (Lipinski definition) is 1. The molecule has 112 valence electrons. The molecule has 2 aromatic heterocycles. The lowest BCUT2D eigenvalue weighted by molar-refractivity contribution is 0.0946. The fourth-order valence-electron chi connectivity index (χ4n) is 2.28. The summed E-state index contributed by atoms with van der Waals surface area (Å²) in [4.78, 5) is 17.8. The summed E-state index contributed by atoms with van der Waals surface area (Å²) in [5.41, 5.74) is 3.38. The van der Waals surface area contributed by atoms with Gasteiger partial charge in [-0.05, 0) is 42.5 Å². The van der Waals surface area contributed by atoms with Crippen LogP contribution in [-0.4, -0.2) is 21.5 Å². The molecule has 1 N–H and O–H groups in total. The molecule has 0 bridgehead atoms. The van der Waals surface area contributed by atoms with Crippen molar-refractivity contribution in [3.63, 3.8) is 0 Å². The van der Waals surface area contributed by atoms with Gasteiger partial charge in [0, 0.05) is 23.8 Å². The smallest absolute Gasteiger partial charge is 0.271 e. The Morgan fingerprint density at radius 3 is 2.73 bits per heavy atom. The Morgan fingerprint density at radius 2 is 2.05 bits per heavy atom. The molecule has 22 heavy (non-hydrogen) atoms. The van der Waals surface area contributed by atoms with E-state index in [0.717, 1.165) is 16.8 Å². The van der Waals surface area contributed by atoms with E-state index in [-0.39, 0.29) is 5.91 Å². The number of aryl methyl sites for hydroxylation is 1. The summed E-state index contributed by atoms with van der Waals surface area (Å²) in [6.45, 7) is 2.48. The minimum absolute atomic E-state index is 0.156. The number of hydrogen-bond acceptors (Lipinski definition) is 3. The SMILES string of the molecule is CSc1ccc(CNC(=O)c2cn3cccc(C)c3n2)cc1. The molecule has 0 atom stereocenters. The second kappa shape index (κ2) is 6.23. The number of nitrogens with one attached hydrogen (secondary N) is 1. The van der Waals surface area contributed by atoms with E-state index in [1.165, 1.54) is 4.90 Å². The van der Waals surface area contributed by atoms with Crippen LogP contribution in [0, 0.1) is 6.92 Å². The number of carbonyl (C=O) groups excluding carboxylic acids is 1. The van der Waals surface area contributed by atoms with E-state index in [4.69, 9.17) is 0 Å². The van der Waals surface area contributed by atoms with Crippen molar-refractivity contribution >= 4 is 23.3 Å². The van der Waals surface area contributed by atoms with Crippen LogP contribution in [0.4, 0.5) is 0 Å². The van der Waals surface area contributed by atoms with Crippen molar-refractivity contribution in [3.8, 4) is 0 Å². The highest BCUT2D eigenvalue weighted by Crippen LogP contribution is 2.15. The predicted octanol–water partition coefficient (Wildman–Crippen LogP) is 3.29. The first-order valence-corrected chi connectivity index (χ1v) is 8.25. The molecule has 1 amide bonds. The Balaban J connectivity index is 1.71. The second-order valence-corrected chi connectivity index (χ2v) is 5.96. The van der Waals surface area contributed by atoms with Gasteiger partial charge in [-0.25, -0.2) is 4.98 Å².